The first-order valence-electron chi connectivity index (χ1n) is 6.24. The van der Waals surface area contributed by atoms with E-state index < -0.39 is 0 Å². The lowest BCUT2D eigenvalue weighted by Crippen LogP contribution is -2.05. The Balaban J connectivity index is 2.37. The first-order valence-corrected chi connectivity index (χ1v) is 7.03. The van der Waals surface area contributed by atoms with Crippen LogP contribution in [0.4, 0.5) is 17.3 Å². The maximum atomic E-state index is 5.93. The summed E-state index contributed by atoms with van der Waals surface area (Å²) in [6.07, 6.45) is 3.35. The molecular weight excluding hydrogens is 304 g/mol. The summed E-state index contributed by atoms with van der Waals surface area (Å²) in [5.74, 6) is 1.32. The second kappa shape index (κ2) is 6.02. The third-order valence-electron chi connectivity index (χ3n) is 2.85. The molecule has 0 amide bonds. The van der Waals surface area contributed by atoms with Crippen molar-refractivity contribution in [2.75, 3.05) is 11.1 Å². The van der Waals surface area contributed by atoms with Gasteiger partial charge in [0.1, 0.15) is 18.0 Å². The summed E-state index contributed by atoms with van der Waals surface area (Å²) in [6, 6.07) is 6.14. The molecule has 1 aromatic carbocycles. The lowest BCUT2D eigenvalue weighted by Gasteiger charge is -2.13. The van der Waals surface area contributed by atoms with E-state index in [4.69, 9.17) is 5.73 Å². The number of halogens is 1. The Bertz CT molecular complexity index is 584. The predicted molar refractivity (Wildman–Crippen MR) is 82.6 cm³/mol. The van der Waals surface area contributed by atoms with Gasteiger partial charge in [-0.2, -0.15) is 0 Å². The average Bonchev–Trinajstić information content (AvgIpc) is 2.38. The van der Waals surface area contributed by atoms with Crippen molar-refractivity contribution in [2.45, 2.75) is 26.7 Å². The maximum Gasteiger partial charge on any atom is 0.139 e. The normalized spacial score (nSPS) is 10.5. The number of hydrogen-bond acceptors (Lipinski definition) is 4. The molecule has 0 aliphatic heterocycles. The van der Waals surface area contributed by atoms with E-state index >= 15 is 0 Å². The van der Waals surface area contributed by atoms with Crippen LogP contribution in [0.25, 0.3) is 0 Å². The van der Waals surface area contributed by atoms with Gasteiger partial charge in [-0.05, 0) is 47.0 Å². The number of anilines is 3. The van der Waals surface area contributed by atoms with E-state index in [0.29, 0.717) is 5.82 Å². The molecule has 2 aromatic rings. The molecule has 0 bridgehead atoms. The highest BCUT2D eigenvalue weighted by Gasteiger charge is 2.10. The summed E-state index contributed by atoms with van der Waals surface area (Å²) in [5.41, 5.74) is 9.06. The molecule has 1 heterocycles. The zero-order valence-electron chi connectivity index (χ0n) is 11.1. The van der Waals surface area contributed by atoms with Crippen molar-refractivity contribution in [2.24, 2.45) is 0 Å². The van der Waals surface area contributed by atoms with Crippen molar-refractivity contribution in [1.29, 1.82) is 0 Å². The molecule has 0 saturated carbocycles. The number of nitrogen functional groups attached to an aromatic ring is 1. The Labute approximate surface area is 121 Å². The van der Waals surface area contributed by atoms with Gasteiger partial charge in [0.2, 0.25) is 0 Å². The monoisotopic (exact) mass is 320 g/mol. The molecule has 1 aromatic heterocycles. The average molecular weight is 321 g/mol. The molecule has 0 radical (unpaired) electrons. The smallest absolute Gasteiger partial charge is 0.139 e. The predicted octanol–water partition coefficient (Wildman–Crippen LogP) is 3.83. The molecule has 0 atom stereocenters. The number of nitrogens with two attached hydrogens (primary N) is 1. The quantitative estimate of drug-likeness (QED) is 0.898. The number of aryl methyl sites for hydroxylation is 1. The van der Waals surface area contributed by atoms with Gasteiger partial charge in [-0.25, -0.2) is 9.97 Å². The second-order valence-electron chi connectivity index (χ2n) is 4.44. The number of aromatic nitrogens is 2. The highest BCUT2D eigenvalue weighted by molar-refractivity contribution is 9.10. The molecule has 100 valence electrons. The van der Waals surface area contributed by atoms with Crippen LogP contribution in [0, 0.1) is 6.92 Å². The van der Waals surface area contributed by atoms with Crippen molar-refractivity contribution < 1.29 is 0 Å². The number of benzene rings is 1. The van der Waals surface area contributed by atoms with Crippen LogP contribution in [0.3, 0.4) is 0 Å². The van der Waals surface area contributed by atoms with E-state index in [1.54, 1.807) is 0 Å². The van der Waals surface area contributed by atoms with E-state index in [0.717, 1.165) is 34.4 Å². The molecule has 3 N–H and O–H groups in total. The van der Waals surface area contributed by atoms with Crippen LogP contribution in [0.5, 0.6) is 0 Å². The molecule has 0 spiro atoms. The Hall–Kier alpha value is -1.62. The molecule has 0 unspecified atom stereocenters. The second-order valence-corrected chi connectivity index (χ2v) is 5.30. The fourth-order valence-corrected chi connectivity index (χ4v) is 2.24. The van der Waals surface area contributed by atoms with Crippen molar-refractivity contribution in [3.63, 3.8) is 0 Å². The molecule has 0 saturated heterocycles. The van der Waals surface area contributed by atoms with Crippen LogP contribution in [-0.2, 0) is 6.42 Å². The minimum atomic E-state index is 0.545. The summed E-state index contributed by atoms with van der Waals surface area (Å²) < 4.78 is 0.998. The fraction of sp³-hybridized carbons (Fsp3) is 0.286. The standard InChI is InChI=1S/C14H17BrN4/c1-3-4-10-13(16)17-8-18-14(10)19-12-7-9(2)5-6-11(12)15/h5-8H,3-4H2,1-2H3,(H3,16,17,18,19). The van der Waals surface area contributed by atoms with Gasteiger partial charge >= 0.3 is 0 Å². The Morgan fingerprint density at radius 2 is 2.11 bits per heavy atom. The first kappa shape index (κ1) is 13.8. The van der Waals surface area contributed by atoms with Gasteiger partial charge in [-0.3, -0.25) is 0 Å². The fourth-order valence-electron chi connectivity index (χ4n) is 1.89. The number of nitrogens with zero attached hydrogens (tertiary/aromatic N) is 2. The van der Waals surface area contributed by atoms with E-state index in [1.807, 2.05) is 6.07 Å². The largest absolute Gasteiger partial charge is 0.383 e. The molecule has 4 nitrogen and oxygen atoms in total. The number of nitrogens with one attached hydrogen (secondary N) is 1. The Kier molecular flexibility index (Phi) is 4.37. The third kappa shape index (κ3) is 3.23. The molecule has 5 heteroatoms. The third-order valence-corrected chi connectivity index (χ3v) is 3.55. The van der Waals surface area contributed by atoms with Gasteiger partial charge in [0.25, 0.3) is 0 Å². The molecule has 19 heavy (non-hydrogen) atoms. The van der Waals surface area contributed by atoms with Crippen LogP contribution >= 0.6 is 15.9 Å². The minimum absolute atomic E-state index is 0.545. The molecule has 0 aliphatic rings. The topological polar surface area (TPSA) is 63.8 Å². The summed E-state index contributed by atoms with van der Waals surface area (Å²) in [4.78, 5) is 8.36. The highest BCUT2D eigenvalue weighted by Crippen LogP contribution is 2.29. The molecule has 0 fully saturated rings. The van der Waals surface area contributed by atoms with Crippen LogP contribution in [0.2, 0.25) is 0 Å². The van der Waals surface area contributed by atoms with Gasteiger partial charge in [-0.15, -0.1) is 0 Å². The summed E-state index contributed by atoms with van der Waals surface area (Å²) in [5, 5.41) is 3.33. The van der Waals surface area contributed by atoms with Crippen LogP contribution < -0.4 is 11.1 Å². The Morgan fingerprint density at radius 3 is 2.84 bits per heavy atom. The van der Waals surface area contributed by atoms with Gasteiger partial charge in [-0.1, -0.05) is 19.4 Å². The minimum Gasteiger partial charge on any atom is -0.383 e. The van der Waals surface area contributed by atoms with E-state index in [2.05, 4.69) is 57.2 Å². The van der Waals surface area contributed by atoms with Gasteiger partial charge in [0, 0.05) is 10.0 Å². The first-order chi connectivity index (χ1) is 9.11. The van der Waals surface area contributed by atoms with Gasteiger partial charge in [0.15, 0.2) is 0 Å². The van der Waals surface area contributed by atoms with Crippen molar-refractivity contribution >= 4 is 33.3 Å². The van der Waals surface area contributed by atoms with E-state index in [1.165, 1.54) is 11.9 Å². The number of rotatable bonds is 4. The van der Waals surface area contributed by atoms with Gasteiger partial charge < -0.3 is 11.1 Å². The summed E-state index contributed by atoms with van der Waals surface area (Å²) in [6.45, 7) is 4.16. The van der Waals surface area contributed by atoms with Gasteiger partial charge in [0.05, 0.1) is 5.69 Å². The lowest BCUT2D eigenvalue weighted by atomic mass is 10.1. The highest BCUT2D eigenvalue weighted by atomic mass is 79.9. The van der Waals surface area contributed by atoms with Crippen molar-refractivity contribution in [1.82, 2.24) is 9.97 Å². The summed E-state index contributed by atoms with van der Waals surface area (Å²) >= 11 is 3.53. The Morgan fingerprint density at radius 1 is 1.32 bits per heavy atom. The van der Waals surface area contributed by atoms with E-state index in [-0.39, 0.29) is 0 Å². The lowest BCUT2D eigenvalue weighted by molar-refractivity contribution is 0.908. The summed E-state index contributed by atoms with van der Waals surface area (Å²) in [7, 11) is 0. The molecule has 0 aliphatic carbocycles. The molecule has 2 rings (SSSR count). The molecular formula is C14H17BrN4. The van der Waals surface area contributed by atoms with Crippen LogP contribution in [0.15, 0.2) is 29.0 Å². The van der Waals surface area contributed by atoms with E-state index in [9.17, 15) is 0 Å². The zero-order chi connectivity index (χ0) is 13.8. The SMILES string of the molecule is CCCc1c(N)ncnc1Nc1cc(C)ccc1Br. The van der Waals surface area contributed by atoms with Crippen LogP contribution in [0.1, 0.15) is 24.5 Å². The zero-order valence-corrected chi connectivity index (χ0v) is 12.7. The van der Waals surface area contributed by atoms with Crippen molar-refractivity contribution in [3.05, 3.63) is 40.1 Å². The van der Waals surface area contributed by atoms with Crippen LogP contribution in [-0.4, -0.2) is 9.97 Å². The number of hydrogen-bond donors (Lipinski definition) is 2. The maximum absolute atomic E-state index is 5.93. The van der Waals surface area contributed by atoms with Crippen molar-refractivity contribution in [3.8, 4) is 0 Å².